The van der Waals surface area contributed by atoms with Gasteiger partial charge in [-0.3, -0.25) is 4.79 Å². The first kappa shape index (κ1) is 12.0. The molecule has 2 atom stereocenters. The van der Waals surface area contributed by atoms with Gasteiger partial charge in [-0.1, -0.05) is 23.7 Å². The van der Waals surface area contributed by atoms with Gasteiger partial charge in [0, 0.05) is 17.5 Å². The minimum absolute atomic E-state index is 0.272. The van der Waals surface area contributed by atoms with Crippen LogP contribution < -0.4 is 0 Å². The maximum Gasteiger partial charge on any atom is 0.223 e. The zero-order valence-electron chi connectivity index (χ0n) is 10.4. The number of amides is 1. The van der Waals surface area contributed by atoms with Crippen molar-refractivity contribution in [1.82, 2.24) is 4.90 Å². The molecule has 2 saturated heterocycles. The Kier molecular flexibility index (Phi) is 3.29. The first-order chi connectivity index (χ1) is 8.75. The van der Waals surface area contributed by atoms with E-state index in [1.807, 2.05) is 12.1 Å². The van der Waals surface area contributed by atoms with Crippen LogP contribution in [0.2, 0.25) is 5.02 Å². The Morgan fingerprint density at radius 1 is 1.06 bits per heavy atom. The average Bonchev–Trinajstić information content (AvgIpc) is 2.39. The highest BCUT2D eigenvalue weighted by Crippen LogP contribution is 2.39. The topological polar surface area (TPSA) is 20.3 Å². The lowest BCUT2D eigenvalue weighted by molar-refractivity contribution is -0.142. The Morgan fingerprint density at radius 2 is 1.78 bits per heavy atom. The van der Waals surface area contributed by atoms with Crippen LogP contribution in [0.15, 0.2) is 24.3 Å². The molecule has 2 aliphatic heterocycles. The van der Waals surface area contributed by atoms with Crippen molar-refractivity contribution in [2.45, 2.75) is 50.6 Å². The maximum absolute atomic E-state index is 12.2. The van der Waals surface area contributed by atoms with E-state index in [2.05, 4.69) is 17.0 Å². The minimum Gasteiger partial charge on any atom is -0.333 e. The molecule has 0 spiro atoms. The lowest BCUT2D eigenvalue weighted by Crippen LogP contribution is -2.48. The Morgan fingerprint density at radius 3 is 2.56 bits per heavy atom. The van der Waals surface area contributed by atoms with Crippen molar-refractivity contribution in [1.29, 1.82) is 0 Å². The average molecular weight is 264 g/mol. The molecule has 3 rings (SSSR count). The molecule has 2 aliphatic rings. The highest BCUT2D eigenvalue weighted by atomic mass is 35.5. The molecular weight excluding hydrogens is 246 g/mol. The van der Waals surface area contributed by atoms with Gasteiger partial charge < -0.3 is 4.90 Å². The summed E-state index contributed by atoms with van der Waals surface area (Å²) >= 11 is 5.94. The molecule has 96 valence electrons. The predicted molar refractivity (Wildman–Crippen MR) is 72.5 cm³/mol. The third-order valence-electron chi connectivity index (χ3n) is 4.21. The number of rotatable bonds is 1. The molecule has 2 nitrogen and oxygen atoms in total. The lowest BCUT2D eigenvalue weighted by atomic mass is 9.86. The molecule has 0 radical (unpaired) electrons. The largest absolute Gasteiger partial charge is 0.333 e. The number of nitrogens with zero attached hydrogens (tertiary/aromatic N) is 1. The number of hydrogen-bond donors (Lipinski definition) is 0. The van der Waals surface area contributed by atoms with E-state index in [0.29, 0.717) is 11.9 Å². The molecular formula is C15H18ClNO. The first-order valence-corrected chi connectivity index (χ1v) is 7.20. The van der Waals surface area contributed by atoms with E-state index < -0.39 is 0 Å². The van der Waals surface area contributed by atoms with E-state index in [1.54, 1.807) is 0 Å². The van der Waals surface area contributed by atoms with E-state index in [9.17, 15) is 4.79 Å². The van der Waals surface area contributed by atoms with E-state index >= 15 is 0 Å². The molecule has 0 bridgehead atoms. The summed E-state index contributed by atoms with van der Waals surface area (Å²) in [6, 6.07) is 8.73. The van der Waals surface area contributed by atoms with Crippen LogP contribution in [0, 0.1) is 0 Å². The molecule has 2 fully saturated rings. The van der Waals surface area contributed by atoms with Gasteiger partial charge in [-0.15, -0.1) is 0 Å². The summed E-state index contributed by atoms with van der Waals surface area (Å²) in [5, 5.41) is 0.760. The van der Waals surface area contributed by atoms with Gasteiger partial charge in [0.1, 0.15) is 0 Å². The predicted octanol–water partition coefficient (Wildman–Crippen LogP) is 3.95. The van der Waals surface area contributed by atoms with Gasteiger partial charge in [0.05, 0.1) is 6.04 Å². The van der Waals surface area contributed by atoms with Gasteiger partial charge in [-0.2, -0.15) is 0 Å². The summed E-state index contributed by atoms with van der Waals surface area (Å²) in [6.45, 7) is 0. The van der Waals surface area contributed by atoms with Crippen LogP contribution in [0.4, 0.5) is 0 Å². The minimum atomic E-state index is 0.272. The number of fused-ring (bicyclic) bond motifs is 1. The van der Waals surface area contributed by atoms with Gasteiger partial charge in [0.15, 0.2) is 0 Å². The van der Waals surface area contributed by atoms with Crippen molar-refractivity contribution in [3.05, 3.63) is 34.9 Å². The van der Waals surface area contributed by atoms with E-state index in [4.69, 9.17) is 11.6 Å². The number of carbonyl (C=O) groups is 1. The van der Waals surface area contributed by atoms with Gasteiger partial charge >= 0.3 is 0 Å². The number of halogens is 1. The second-order valence-corrected chi connectivity index (χ2v) is 5.78. The van der Waals surface area contributed by atoms with Crippen molar-refractivity contribution >= 4 is 17.5 Å². The van der Waals surface area contributed by atoms with Crippen LogP contribution in [0.1, 0.15) is 50.1 Å². The van der Waals surface area contributed by atoms with Gasteiger partial charge in [-0.05, 0) is 49.8 Å². The Balaban J connectivity index is 1.89. The molecule has 1 aromatic rings. The summed E-state index contributed by atoms with van der Waals surface area (Å²) in [4.78, 5) is 14.3. The summed E-state index contributed by atoms with van der Waals surface area (Å²) < 4.78 is 0. The second-order valence-electron chi connectivity index (χ2n) is 5.35. The van der Waals surface area contributed by atoms with Gasteiger partial charge in [0.25, 0.3) is 0 Å². The van der Waals surface area contributed by atoms with Crippen LogP contribution in [-0.4, -0.2) is 16.8 Å². The van der Waals surface area contributed by atoms with E-state index in [-0.39, 0.29) is 6.04 Å². The van der Waals surface area contributed by atoms with Crippen molar-refractivity contribution < 1.29 is 4.79 Å². The first-order valence-electron chi connectivity index (χ1n) is 6.82. The molecule has 1 amide bonds. The number of benzene rings is 1. The van der Waals surface area contributed by atoms with Crippen molar-refractivity contribution in [2.75, 3.05) is 0 Å². The quantitative estimate of drug-likeness (QED) is 0.751. The van der Waals surface area contributed by atoms with Crippen LogP contribution in [0.3, 0.4) is 0 Å². The normalized spacial score (nSPS) is 28.1. The summed E-state index contributed by atoms with van der Waals surface area (Å²) in [7, 11) is 0. The molecule has 18 heavy (non-hydrogen) atoms. The molecule has 3 heteroatoms. The highest BCUT2D eigenvalue weighted by molar-refractivity contribution is 6.30. The SMILES string of the molecule is O=C1CCC[C@@H]2CCC[C@@H](c3ccc(Cl)cc3)N12. The molecule has 0 saturated carbocycles. The van der Waals surface area contributed by atoms with E-state index in [1.165, 1.54) is 24.8 Å². The molecule has 0 aliphatic carbocycles. The summed E-state index contributed by atoms with van der Waals surface area (Å²) in [6.07, 6.45) is 6.45. The monoisotopic (exact) mass is 263 g/mol. The fraction of sp³-hybridized carbons (Fsp3) is 0.533. The van der Waals surface area contributed by atoms with Crippen LogP contribution >= 0.6 is 11.6 Å². The number of hydrogen-bond acceptors (Lipinski definition) is 1. The maximum atomic E-state index is 12.2. The van der Waals surface area contributed by atoms with Crippen molar-refractivity contribution in [3.8, 4) is 0 Å². The Hall–Kier alpha value is -1.02. The molecule has 0 aromatic heterocycles. The standard InChI is InChI=1S/C15H18ClNO/c16-12-9-7-11(8-10-12)14-5-1-3-13-4-2-6-15(18)17(13)14/h7-10,13-14H,1-6H2/t13-,14-/m0/s1. The summed E-state index contributed by atoms with van der Waals surface area (Å²) in [5.41, 5.74) is 1.24. The van der Waals surface area contributed by atoms with Crippen LogP contribution in [-0.2, 0) is 4.79 Å². The molecule has 0 unspecified atom stereocenters. The molecule has 1 aromatic carbocycles. The lowest BCUT2D eigenvalue weighted by Gasteiger charge is -2.45. The third-order valence-corrected chi connectivity index (χ3v) is 4.47. The van der Waals surface area contributed by atoms with Crippen molar-refractivity contribution in [3.63, 3.8) is 0 Å². The Labute approximate surface area is 113 Å². The zero-order valence-corrected chi connectivity index (χ0v) is 11.2. The van der Waals surface area contributed by atoms with Gasteiger partial charge in [-0.25, -0.2) is 0 Å². The summed E-state index contributed by atoms with van der Waals surface area (Å²) in [5.74, 6) is 0.339. The molecule has 2 heterocycles. The Bertz CT molecular complexity index is 440. The second kappa shape index (κ2) is 4.93. The number of carbonyl (C=O) groups excluding carboxylic acids is 1. The smallest absolute Gasteiger partial charge is 0.223 e. The fourth-order valence-electron chi connectivity index (χ4n) is 3.37. The zero-order chi connectivity index (χ0) is 12.5. The third kappa shape index (κ3) is 2.14. The highest BCUT2D eigenvalue weighted by Gasteiger charge is 2.36. The molecule has 0 N–H and O–H groups in total. The fourth-order valence-corrected chi connectivity index (χ4v) is 3.50. The number of piperidine rings is 2. The van der Waals surface area contributed by atoms with E-state index in [0.717, 1.165) is 24.3 Å². The van der Waals surface area contributed by atoms with Gasteiger partial charge in [0.2, 0.25) is 5.91 Å². The van der Waals surface area contributed by atoms with Crippen molar-refractivity contribution in [2.24, 2.45) is 0 Å². The van der Waals surface area contributed by atoms with Crippen LogP contribution in [0.25, 0.3) is 0 Å². The van der Waals surface area contributed by atoms with Crippen LogP contribution in [0.5, 0.6) is 0 Å².